The Morgan fingerprint density at radius 1 is 1.46 bits per heavy atom. The summed E-state index contributed by atoms with van der Waals surface area (Å²) in [6, 6.07) is 6.15. The second kappa shape index (κ2) is 4.97. The Labute approximate surface area is 84.0 Å². The van der Waals surface area contributed by atoms with Crippen LogP contribution in [0.2, 0.25) is 0 Å². The molecule has 0 aliphatic rings. The maximum Gasteiger partial charge on any atom is 0.0482 e. The second-order valence-corrected chi connectivity index (χ2v) is 3.93. The van der Waals surface area contributed by atoms with Gasteiger partial charge in [0, 0.05) is 16.3 Å². The second-order valence-electron chi connectivity index (χ2n) is 2.87. The predicted molar refractivity (Wildman–Crippen MR) is 61.1 cm³/mol. The smallest absolute Gasteiger partial charge is 0.0482 e. The zero-order valence-electron chi connectivity index (χ0n) is 8.08. The van der Waals surface area contributed by atoms with E-state index in [1.54, 1.807) is 11.8 Å². The molecule has 0 spiro atoms. The Hall–Kier alpha value is -0.890. The summed E-state index contributed by atoms with van der Waals surface area (Å²) in [5, 5.41) is 0. The first-order valence-electron chi connectivity index (χ1n) is 4.34. The molecule has 1 nitrogen and oxygen atoms in total. The molecule has 2 heteroatoms. The summed E-state index contributed by atoms with van der Waals surface area (Å²) in [5.74, 6) is 0.990. The number of rotatable bonds is 3. The SMILES string of the molecule is CC=CCSc1cccc(C)c1N. The van der Waals surface area contributed by atoms with Gasteiger partial charge in [0.1, 0.15) is 0 Å². The fraction of sp³-hybridized carbons (Fsp3) is 0.273. The summed E-state index contributed by atoms with van der Waals surface area (Å²) in [7, 11) is 0. The topological polar surface area (TPSA) is 26.0 Å². The Balaban J connectivity index is 2.71. The van der Waals surface area contributed by atoms with Crippen LogP contribution in [-0.2, 0) is 0 Å². The van der Waals surface area contributed by atoms with Crippen LogP contribution in [0.25, 0.3) is 0 Å². The lowest BCUT2D eigenvalue weighted by Crippen LogP contribution is -1.91. The molecule has 0 saturated heterocycles. The first-order chi connectivity index (χ1) is 6.25. The zero-order chi connectivity index (χ0) is 9.68. The number of anilines is 1. The van der Waals surface area contributed by atoms with E-state index in [0.29, 0.717) is 0 Å². The third-order valence-electron chi connectivity index (χ3n) is 1.85. The molecule has 0 atom stereocenters. The molecule has 0 bridgehead atoms. The van der Waals surface area contributed by atoms with Gasteiger partial charge in [-0.05, 0) is 25.5 Å². The number of hydrogen-bond acceptors (Lipinski definition) is 2. The Kier molecular flexibility index (Phi) is 3.90. The van der Waals surface area contributed by atoms with Gasteiger partial charge in [-0.2, -0.15) is 0 Å². The lowest BCUT2D eigenvalue weighted by Gasteiger charge is -2.05. The van der Waals surface area contributed by atoms with Crippen LogP contribution in [0, 0.1) is 6.92 Å². The summed E-state index contributed by atoms with van der Waals surface area (Å²) >= 11 is 1.77. The van der Waals surface area contributed by atoms with Gasteiger partial charge in [0.2, 0.25) is 0 Å². The van der Waals surface area contributed by atoms with Crippen LogP contribution in [0.3, 0.4) is 0 Å². The fourth-order valence-electron chi connectivity index (χ4n) is 1.01. The van der Waals surface area contributed by atoms with Crippen molar-refractivity contribution in [1.82, 2.24) is 0 Å². The van der Waals surface area contributed by atoms with Crippen molar-refractivity contribution in [2.75, 3.05) is 11.5 Å². The van der Waals surface area contributed by atoms with Crippen molar-refractivity contribution in [2.45, 2.75) is 18.7 Å². The number of aryl methyl sites for hydroxylation is 1. The van der Waals surface area contributed by atoms with Gasteiger partial charge in [-0.15, -0.1) is 11.8 Å². The van der Waals surface area contributed by atoms with Gasteiger partial charge < -0.3 is 5.73 Å². The van der Waals surface area contributed by atoms with E-state index in [2.05, 4.69) is 18.2 Å². The highest BCUT2D eigenvalue weighted by atomic mass is 32.2. The van der Waals surface area contributed by atoms with E-state index < -0.39 is 0 Å². The van der Waals surface area contributed by atoms with Crippen molar-refractivity contribution in [2.24, 2.45) is 0 Å². The molecule has 0 amide bonds. The van der Waals surface area contributed by atoms with E-state index in [0.717, 1.165) is 17.0 Å². The molecule has 0 fully saturated rings. The van der Waals surface area contributed by atoms with E-state index in [4.69, 9.17) is 5.73 Å². The van der Waals surface area contributed by atoms with Gasteiger partial charge in [0.25, 0.3) is 0 Å². The molecular weight excluding hydrogens is 178 g/mol. The molecule has 0 radical (unpaired) electrons. The molecule has 1 aromatic carbocycles. The number of para-hydroxylation sites is 1. The molecule has 0 aromatic heterocycles. The number of allylic oxidation sites excluding steroid dienone is 1. The quantitative estimate of drug-likeness (QED) is 0.453. The molecule has 2 N–H and O–H groups in total. The minimum atomic E-state index is 0.914. The highest BCUT2D eigenvalue weighted by Crippen LogP contribution is 2.27. The highest BCUT2D eigenvalue weighted by molar-refractivity contribution is 7.99. The van der Waals surface area contributed by atoms with Crippen LogP contribution in [0.15, 0.2) is 35.2 Å². The lowest BCUT2D eigenvalue weighted by atomic mass is 10.2. The number of benzene rings is 1. The fourth-order valence-corrected chi connectivity index (χ4v) is 1.97. The summed E-state index contributed by atoms with van der Waals surface area (Å²) in [6.07, 6.45) is 4.19. The molecule has 0 aliphatic heterocycles. The molecule has 0 saturated carbocycles. The third-order valence-corrected chi connectivity index (χ3v) is 2.88. The van der Waals surface area contributed by atoms with Crippen molar-refractivity contribution >= 4 is 17.4 Å². The van der Waals surface area contributed by atoms with E-state index in [1.807, 2.05) is 26.0 Å². The first-order valence-corrected chi connectivity index (χ1v) is 5.33. The van der Waals surface area contributed by atoms with Gasteiger partial charge in [0.15, 0.2) is 0 Å². The first kappa shape index (κ1) is 10.2. The summed E-state index contributed by atoms with van der Waals surface area (Å²) < 4.78 is 0. The highest BCUT2D eigenvalue weighted by Gasteiger charge is 1.99. The lowest BCUT2D eigenvalue weighted by molar-refractivity contribution is 1.37. The van der Waals surface area contributed by atoms with Crippen LogP contribution in [0.5, 0.6) is 0 Å². The number of thioether (sulfide) groups is 1. The molecule has 0 aliphatic carbocycles. The predicted octanol–water partition coefficient (Wildman–Crippen LogP) is 3.25. The molecule has 1 aromatic rings. The summed E-state index contributed by atoms with van der Waals surface area (Å²) in [5.41, 5.74) is 7.99. The maximum atomic E-state index is 5.92. The number of nitrogens with two attached hydrogens (primary N) is 1. The standard InChI is InChI=1S/C11H15NS/c1-3-4-8-13-10-7-5-6-9(2)11(10)12/h3-7H,8,12H2,1-2H3. The molecule has 0 unspecified atom stereocenters. The van der Waals surface area contributed by atoms with Crippen molar-refractivity contribution in [3.05, 3.63) is 35.9 Å². The van der Waals surface area contributed by atoms with E-state index >= 15 is 0 Å². The molecule has 1 rings (SSSR count). The van der Waals surface area contributed by atoms with Gasteiger partial charge in [-0.25, -0.2) is 0 Å². The Morgan fingerprint density at radius 3 is 2.92 bits per heavy atom. The normalized spacial score (nSPS) is 10.9. The van der Waals surface area contributed by atoms with Crippen LogP contribution < -0.4 is 5.73 Å². The maximum absolute atomic E-state index is 5.92. The van der Waals surface area contributed by atoms with Gasteiger partial charge in [0.05, 0.1) is 0 Å². The van der Waals surface area contributed by atoms with E-state index in [-0.39, 0.29) is 0 Å². The van der Waals surface area contributed by atoms with Crippen molar-refractivity contribution in [3.8, 4) is 0 Å². The number of nitrogen functional groups attached to an aromatic ring is 1. The van der Waals surface area contributed by atoms with E-state index in [1.165, 1.54) is 4.90 Å². The molecule has 13 heavy (non-hydrogen) atoms. The van der Waals surface area contributed by atoms with E-state index in [9.17, 15) is 0 Å². The number of hydrogen-bond donors (Lipinski definition) is 1. The van der Waals surface area contributed by atoms with Crippen LogP contribution in [0.4, 0.5) is 5.69 Å². The third kappa shape index (κ3) is 2.81. The summed E-state index contributed by atoms with van der Waals surface area (Å²) in [6.45, 7) is 4.06. The van der Waals surface area contributed by atoms with Crippen LogP contribution in [-0.4, -0.2) is 5.75 Å². The van der Waals surface area contributed by atoms with Crippen molar-refractivity contribution in [3.63, 3.8) is 0 Å². The van der Waals surface area contributed by atoms with Crippen LogP contribution in [0.1, 0.15) is 12.5 Å². The monoisotopic (exact) mass is 193 g/mol. The molecular formula is C11H15NS. The average Bonchev–Trinajstić information content (AvgIpc) is 2.13. The zero-order valence-corrected chi connectivity index (χ0v) is 8.90. The minimum absolute atomic E-state index is 0.914. The Bertz CT molecular complexity index is 305. The van der Waals surface area contributed by atoms with Gasteiger partial charge in [-0.3, -0.25) is 0 Å². The molecule has 0 heterocycles. The minimum Gasteiger partial charge on any atom is -0.398 e. The Morgan fingerprint density at radius 2 is 2.23 bits per heavy atom. The average molecular weight is 193 g/mol. The summed E-state index contributed by atoms with van der Waals surface area (Å²) in [4.78, 5) is 1.18. The molecule has 70 valence electrons. The van der Waals surface area contributed by atoms with Crippen molar-refractivity contribution < 1.29 is 0 Å². The van der Waals surface area contributed by atoms with Crippen molar-refractivity contribution in [1.29, 1.82) is 0 Å². The van der Waals surface area contributed by atoms with Crippen LogP contribution >= 0.6 is 11.8 Å². The van der Waals surface area contributed by atoms with Gasteiger partial charge in [-0.1, -0.05) is 24.3 Å². The van der Waals surface area contributed by atoms with Gasteiger partial charge >= 0.3 is 0 Å². The largest absolute Gasteiger partial charge is 0.398 e.